The summed E-state index contributed by atoms with van der Waals surface area (Å²) in [5.41, 5.74) is 3.99. The van der Waals surface area contributed by atoms with E-state index in [2.05, 4.69) is 34.3 Å². The molecule has 2 aromatic rings. The maximum atomic E-state index is 4.26. The van der Waals surface area contributed by atoms with Crippen LogP contribution in [0.1, 0.15) is 20.3 Å². The number of allylic oxidation sites excluding steroid dienone is 2. The zero-order valence-corrected chi connectivity index (χ0v) is 12.6. The van der Waals surface area contributed by atoms with Crippen LogP contribution in [0.25, 0.3) is 11.3 Å². The molecule has 3 N–H and O–H groups in total. The molecule has 0 amide bonds. The van der Waals surface area contributed by atoms with Crippen molar-refractivity contribution in [2.24, 2.45) is 0 Å². The minimum atomic E-state index is 0.762. The van der Waals surface area contributed by atoms with E-state index >= 15 is 0 Å². The van der Waals surface area contributed by atoms with Crippen molar-refractivity contribution in [2.75, 3.05) is 11.9 Å². The first-order valence-corrected chi connectivity index (χ1v) is 7.18. The lowest BCUT2D eigenvalue weighted by Gasteiger charge is -2.06. The molecule has 1 aromatic heterocycles. The van der Waals surface area contributed by atoms with Gasteiger partial charge in [0.1, 0.15) is 0 Å². The molecule has 21 heavy (non-hydrogen) atoms. The van der Waals surface area contributed by atoms with Crippen molar-refractivity contribution in [3.63, 3.8) is 0 Å². The number of anilines is 1. The van der Waals surface area contributed by atoms with E-state index in [1.165, 1.54) is 0 Å². The minimum absolute atomic E-state index is 0.762. The van der Waals surface area contributed by atoms with Gasteiger partial charge in [-0.05, 0) is 25.0 Å². The lowest BCUT2D eigenvalue weighted by atomic mass is 10.1. The first kappa shape index (κ1) is 14.9. The minimum Gasteiger partial charge on any atom is -0.389 e. The monoisotopic (exact) mass is 282 g/mol. The predicted octanol–water partition coefficient (Wildman–Crippen LogP) is 3.91. The normalized spacial score (nSPS) is 11.2. The molecule has 1 heterocycles. The van der Waals surface area contributed by atoms with Gasteiger partial charge < -0.3 is 10.6 Å². The van der Waals surface area contributed by atoms with Crippen LogP contribution in [-0.2, 0) is 0 Å². The zero-order chi connectivity index (χ0) is 15.1. The van der Waals surface area contributed by atoms with Crippen molar-refractivity contribution >= 4 is 5.82 Å². The molecule has 0 saturated heterocycles. The highest BCUT2D eigenvalue weighted by Crippen LogP contribution is 2.19. The number of hydrogen-bond acceptors (Lipinski definition) is 3. The van der Waals surface area contributed by atoms with E-state index in [0.717, 1.165) is 41.4 Å². The molecule has 0 saturated carbocycles. The highest BCUT2D eigenvalue weighted by atomic mass is 15.2. The molecule has 0 aliphatic heterocycles. The Kier molecular flexibility index (Phi) is 5.21. The Morgan fingerprint density at radius 2 is 2.10 bits per heavy atom. The fraction of sp³-hybridized carbons (Fsp3) is 0.235. The summed E-state index contributed by atoms with van der Waals surface area (Å²) in [6.07, 6.45) is 3.08. The number of nitrogens with one attached hydrogen (secondary N) is 3. The van der Waals surface area contributed by atoms with E-state index in [-0.39, 0.29) is 0 Å². The molecule has 1 aromatic carbocycles. The quantitative estimate of drug-likeness (QED) is 0.675. The molecular weight excluding hydrogens is 260 g/mol. The van der Waals surface area contributed by atoms with Crippen molar-refractivity contribution in [1.82, 2.24) is 15.5 Å². The fourth-order valence-electron chi connectivity index (χ4n) is 1.99. The van der Waals surface area contributed by atoms with Crippen LogP contribution in [0.5, 0.6) is 0 Å². The fourth-order valence-corrected chi connectivity index (χ4v) is 1.99. The summed E-state index contributed by atoms with van der Waals surface area (Å²) in [6, 6.07) is 12.1. The molecule has 2 rings (SSSR count). The molecule has 0 radical (unpaired) electrons. The average molecular weight is 282 g/mol. The summed E-state index contributed by atoms with van der Waals surface area (Å²) in [5.74, 6) is 0.762. The van der Waals surface area contributed by atoms with E-state index in [1.807, 2.05) is 49.4 Å². The number of benzene rings is 1. The standard InChI is InChI=1S/C17H22N4/c1-4-10-18-13(2)11-14(3)19-17-12-16(20-21-17)15-8-6-5-7-9-15/h5-9,11-12,18H,3-4,10H2,1-2H3,(H2,19,20,21)/b13-11-. The van der Waals surface area contributed by atoms with Crippen molar-refractivity contribution in [2.45, 2.75) is 20.3 Å². The summed E-state index contributed by atoms with van der Waals surface area (Å²) >= 11 is 0. The van der Waals surface area contributed by atoms with Crippen LogP contribution in [0.2, 0.25) is 0 Å². The van der Waals surface area contributed by atoms with Crippen LogP contribution >= 0.6 is 0 Å². The second-order valence-corrected chi connectivity index (χ2v) is 4.94. The van der Waals surface area contributed by atoms with E-state index in [0.29, 0.717) is 0 Å². The molecule has 0 aliphatic carbocycles. The lowest BCUT2D eigenvalue weighted by Crippen LogP contribution is -2.12. The highest BCUT2D eigenvalue weighted by Gasteiger charge is 2.03. The third-order valence-corrected chi connectivity index (χ3v) is 3.00. The smallest absolute Gasteiger partial charge is 0.152 e. The van der Waals surface area contributed by atoms with Gasteiger partial charge in [0.2, 0.25) is 0 Å². The van der Waals surface area contributed by atoms with Crippen LogP contribution in [0.15, 0.2) is 60.4 Å². The van der Waals surface area contributed by atoms with Gasteiger partial charge in [-0.1, -0.05) is 43.8 Å². The Morgan fingerprint density at radius 3 is 2.81 bits per heavy atom. The first-order valence-electron chi connectivity index (χ1n) is 7.18. The van der Waals surface area contributed by atoms with Crippen LogP contribution in [0.3, 0.4) is 0 Å². The summed E-state index contributed by atoms with van der Waals surface area (Å²) in [6.45, 7) is 9.14. The van der Waals surface area contributed by atoms with Gasteiger partial charge in [-0.25, -0.2) is 0 Å². The SMILES string of the molecule is C=C(/C=C(/C)NCCC)Nc1cc(-c2ccccc2)[nH]n1. The third kappa shape index (κ3) is 4.53. The van der Waals surface area contributed by atoms with Crippen molar-refractivity contribution < 1.29 is 0 Å². The largest absolute Gasteiger partial charge is 0.389 e. The van der Waals surface area contributed by atoms with Gasteiger partial charge in [0.25, 0.3) is 0 Å². The highest BCUT2D eigenvalue weighted by molar-refractivity contribution is 5.63. The molecule has 0 aliphatic rings. The van der Waals surface area contributed by atoms with E-state index in [4.69, 9.17) is 0 Å². The molecule has 0 atom stereocenters. The summed E-state index contributed by atoms with van der Waals surface area (Å²) in [4.78, 5) is 0. The van der Waals surface area contributed by atoms with Gasteiger partial charge in [-0.2, -0.15) is 5.10 Å². The molecule has 4 nitrogen and oxygen atoms in total. The van der Waals surface area contributed by atoms with Crippen LogP contribution < -0.4 is 10.6 Å². The van der Waals surface area contributed by atoms with Crippen LogP contribution in [0.4, 0.5) is 5.82 Å². The molecule has 0 unspecified atom stereocenters. The number of nitrogens with zero attached hydrogens (tertiary/aromatic N) is 1. The molecule has 0 fully saturated rings. The van der Waals surface area contributed by atoms with Crippen LogP contribution in [-0.4, -0.2) is 16.7 Å². The number of hydrogen-bond donors (Lipinski definition) is 3. The molecule has 4 heteroatoms. The maximum absolute atomic E-state index is 4.26. The van der Waals surface area contributed by atoms with E-state index < -0.39 is 0 Å². The Balaban J connectivity index is 1.98. The van der Waals surface area contributed by atoms with Crippen molar-refractivity contribution in [3.8, 4) is 11.3 Å². The van der Waals surface area contributed by atoms with Gasteiger partial charge in [-0.15, -0.1) is 0 Å². The van der Waals surface area contributed by atoms with Gasteiger partial charge in [-0.3, -0.25) is 5.10 Å². The summed E-state index contributed by atoms with van der Waals surface area (Å²) < 4.78 is 0. The summed E-state index contributed by atoms with van der Waals surface area (Å²) in [7, 11) is 0. The van der Waals surface area contributed by atoms with E-state index in [9.17, 15) is 0 Å². The topological polar surface area (TPSA) is 52.7 Å². The second-order valence-electron chi connectivity index (χ2n) is 4.94. The Labute approximate surface area is 126 Å². The maximum Gasteiger partial charge on any atom is 0.152 e. The van der Waals surface area contributed by atoms with E-state index in [1.54, 1.807) is 0 Å². The molecule has 0 spiro atoms. The summed E-state index contributed by atoms with van der Waals surface area (Å²) in [5, 5.41) is 13.8. The molecular formula is C17H22N4. The predicted molar refractivity (Wildman–Crippen MR) is 88.8 cm³/mol. The Hall–Kier alpha value is -2.49. The lowest BCUT2D eigenvalue weighted by molar-refractivity contribution is 0.769. The molecule has 0 bridgehead atoms. The number of H-pyrrole nitrogens is 1. The number of aromatic nitrogens is 2. The number of rotatable bonds is 7. The van der Waals surface area contributed by atoms with Gasteiger partial charge in [0, 0.05) is 24.0 Å². The Bertz CT molecular complexity index is 611. The average Bonchev–Trinajstić information content (AvgIpc) is 2.94. The zero-order valence-electron chi connectivity index (χ0n) is 12.6. The first-order chi connectivity index (χ1) is 10.2. The van der Waals surface area contributed by atoms with Gasteiger partial charge in [0.05, 0.1) is 5.69 Å². The number of aromatic amines is 1. The van der Waals surface area contributed by atoms with Gasteiger partial charge >= 0.3 is 0 Å². The second kappa shape index (κ2) is 7.33. The van der Waals surface area contributed by atoms with Crippen molar-refractivity contribution in [3.05, 3.63) is 60.4 Å². The van der Waals surface area contributed by atoms with Crippen LogP contribution in [0, 0.1) is 0 Å². The van der Waals surface area contributed by atoms with Gasteiger partial charge in [0.15, 0.2) is 5.82 Å². The molecule has 110 valence electrons. The van der Waals surface area contributed by atoms with Crippen molar-refractivity contribution in [1.29, 1.82) is 0 Å². The Morgan fingerprint density at radius 1 is 1.33 bits per heavy atom. The third-order valence-electron chi connectivity index (χ3n) is 3.00.